The summed E-state index contributed by atoms with van der Waals surface area (Å²) < 4.78 is 8.02. The summed E-state index contributed by atoms with van der Waals surface area (Å²) in [6.07, 6.45) is 1.32. The number of hydrogen-bond acceptors (Lipinski definition) is 3. The first-order chi connectivity index (χ1) is 14.2. The molecule has 4 nitrogen and oxygen atoms in total. The van der Waals surface area contributed by atoms with Gasteiger partial charge in [-0.25, -0.2) is 9.78 Å². The van der Waals surface area contributed by atoms with Crippen molar-refractivity contribution in [2.75, 3.05) is 0 Å². The van der Waals surface area contributed by atoms with Crippen molar-refractivity contribution in [3.63, 3.8) is 0 Å². The molecule has 0 radical (unpaired) electrons. The van der Waals surface area contributed by atoms with Gasteiger partial charge in [0, 0.05) is 37.9 Å². The van der Waals surface area contributed by atoms with Gasteiger partial charge in [0.15, 0.2) is 0 Å². The van der Waals surface area contributed by atoms with E-state index in [1.54, 1.807) is 6.20 Å². The Kier molecular flexibility index (Phi) is 5.56. The molecule has 0 aliphatic heterocycles. The molecule has 154 valence electrons. The molecule has 0 saturated heterocycles. The molecule has 0 saturated carbocycles. The van der Waals surface area contributed by atoms with Crippen molar-refractivity contribution in [1.82, 2.24) is 9.55 Å². The Morgan fingerprint density at radius 3 is 2.60 bits per heavy atom. The van der Waals surface area contributed by atoms with E-state index in [-0.39, 0.29) is 0 Å². The number of halogens is 3. The fourth-order valence-corrected chi connectivity index (χ4v) is 4.14. The number of nitrogens with zero attached hydrogens (tertiary/aromatic N) is 2. The van der Waals surface area contributed by atoms with Gasteiger partial charge >= 0.3 is 6.09 Å². The Morgan fingerprint density at radius 1 is 1.13 bits per heavy atom. The number of alkyl halides is 1. The third-order valence-corrected chi connectivity index (χ3v) is 5.65. The van der Waals surface area contributed by atoms with Gasteiger partial charge in [-0.15, -0.1) is 11.6 Å². The van der Waals surface area contributed by atoms with Crippen molar-refractivity contribution in [3.05, 3.63) is 63.7 Å². The van der Waals surface area contributed by atoms with Crippen LogP contribution in [0.25, 0.3) is 33.1 Å². The second kappa shape index (κ2) is 7.88. The second-order valence-corrected chi connectivity index (χ2v) is 9.64. The molecule has 0 aliphatic carbocycles. The third-order valence-electron chi connectivity index (χ3n) is 4.63. The minimum atomic E-state index is -0.604. The number of benzene rings is 2. The summed E-state index contributed by atoms with van der Waals surface area (Å²) in [6, 6.07) is 13.3. The molecular weight excluding hydrogens is 487 g/mol. The maximum absolute atomic E-state index is 12.9. The summed E-state index contributed by atoms with van der Waals surface area (Å²) in [6.45, 7) is 5.53. The van der Waals surface area contributed by atoms with Gasteiger partial charge in [-0.05, 0) is 62.7 Å². The number of aromatic nitrogens is 2. The van der Waals surface area contributed by atoms with Gasteiger partial charge < -0.3 is 4.74 Å². The first-order valence-electron chi connectivity index (χ1n) is 9.36. The highest BCUT2D eigenvalue weighted by Crippen LogP contribution is 2.35. The molecule has 0 aliphatic rings. The van der Waals surface area contributed by atoms with E-state index < -0.39 is 11.7 Å². The first kappa shape index (κ1) is 21.2. The van der Waals surface area contributed by atoms with Crippen LogP contribution >= 0.6 is 39.1 Å². The normalized spacial score (nSPS) is 11.9. The summed E-state index contributed by atoms with van der Waals surface area (Å²) in [5.41, 5.74) is 3.36. The van der Waals surface area contributed by atoms with Crippen molar-refractivity contribution in [1.29, 1.82) is 0 Å². The zero-order chi connectivity index (χ0) is 21.6. The minimum Gasteiger partial charge on any atom is -0.443 e. The molecule has 7 heteroatoms. The van der Waals surface area contributed by atoms with Crippen LogP contribution in [-0.2, 0) is 10.6 Å². The van der Waals surface area contributed by atoms with Crippen LogP contribution in [0, 0.1) is 0 Å². The quantitative estimate of drug-likeness (QED) is 0.261. The summed E-state index contributed by atoms with van der Waals surface area (Å²) in [5, 5.41) is 2.44. The van der Waals surface area contributed by atoms with Crippen LogP contribution in [0.1, 0.15) is 26.3 Å². The number of carbonyl (C=O) groups is 1. The molecule has 4 rings (SSSR count). The number of hydrogen-bond donors (Lipinski definition) is 0. The zero-order valence-electron chi connectivity index (χ0n) is 16.7. The van der Waals surface area contributed by atoms with E-state index in [0.717, 1.165) is 37.4 Å². The van der Waals surface area contributed by atoms with E-state index in [1.165, 1.54) is 4.57 Å². The lowest BCUT2D eigenvalue weighted by atomic mass is 10.0. The molecule has 0 atom stereocenters. The predicted molar refractivity (Wildman–Crippen MR) is 127 cm³/mol. The molecule has 2 aromatic carbocycles. The maximum atomic E-state index is 12.9. The van der Waals surface area contributed by atoms with Crippen molar-refractivity contribution < 1.29 is 9.53 Å². The van der Waals surface area contributed by atoms with Crippen LogP contribution in [0.15, 0.2) is 53.1 Å². The molecule has 4 aromatic rings. The molecule has 0 spiro atoms. The molecule has 0 fully saturated rings. The highest BCUT2D eigenvalue weighted by molar-refractivity contribution is 9.10. The minimum absolute atomic E-state index is 0.335. The number of ether oxygens (including phenoxy) is 1. The number of carbonyl (C=O) groups excluding carboxylic acids is 1. The van der Waals surface area contributed by atoms with Crippen LogP contribution in [0.5, 0.6) is 0 Å². The van der Waals surface area contributed by atoms with Gasteiger partial charge in [0.2, 0.25) is 0 Å². The van der Waals surface area contributed by atoms with E-state index >= 15 is 0 Å². The Labute approximate surface area is 192 Å². The molecule has 0 N–H and O–H groups in total. The van der Waals surface area contributed by atoms with Crippen molar-refractivity contribution in [2.45, 2.75) is 32.3 Å². The number of fused-ring (bicyclic) bond motifs is 2. The van der Waals surface area contributed by atoms with Crippen LogP contribution in [0.3, 0.4) is 0 Å². The van der Waals surface area contributed by atoms with Gasteiger partial charge in [0.05, 0.1) is 16.7 Å². The lowest BCUT2D eigenvalue weighted by Gasteiger charge is -2.19. The molecule has 2 heterocycles. The Morgan fingerprint density at radius 2 is 1.90 bits per heavy atom. The van der Waals surface area contributed by atoms with Gasteiger partial charge in [0.1, 0.15) is 5.60 Å². The van der Waals surface area contributed by atoms with E-state index in [1.807, 2.05) is 63.2 Å². The van der Waals surface area contributed by atoms with Crippen molar-refractivity contribution in [2.24, 2.45) is 0 Å². The van der Waals surface area contributed by atoms with Gasteiger partial charge in [-0.3, -0.25) is 4.57 Å². The Bertz CT molecular complexity index is 1290. The molecule has 0 bridgehead atoms. The lowest BCUT2D eigenvalue weighted by Crippen LogP contribution is -2.26. The monoisotopic (exact) mass is 504 g/mol. The zero-order valence-corrected chi connectivity index (χ0v) is 19.8. The molecule has 2 aromatic heterocycles. The van der Waals surface area contributed by atoms with Crippen molar-refractivity contribution in [3.8, 4) is 11.3 Å². The van der Waals surface area contributed by atoms with E-state index in [0.29, 0.717) is 16.6 Å². The third kappa shape index (κ3) is 4.07. The van der Waals surface area contributed by atoms with E-state index in [2.05, 4.69) is 15.9 Å². The summed E-state index contributed by atoms with van der Waals surface area (Å²) >= 11 is 15.9. The largest absolute Gasteiger partial charge is 0.443 e. The average Bonchev–Trinajstić information content (AvgIpc) is 3.04. The molecule has 0 amide bonds. The SMILES string of the molecule is CC(C)(C)OC(=O)n1cc(-c2cc(CCl)c3ccc(Cl)cc3n2)c2cc(Br)ccc21. The smallest absolute Gasteiger partial charge is 0.419 e. The number of rotatable bonds is 2. The van der Waals surface area contributed by atoms with E-state index in [4.69, 9.17) is 32.9 Å². The Balaban J connectivity index is 1.97. The molecule has 30 heavy (non-hydrogen) atoms. The number of pyridine rings is 1. The second-order valence-electron chi connectivity index (χ2n) is 8.02. The standard InChI is InChI=1S/C23H19BrCl2N2O2/c1-23(2,3)30-22(29)28-12-18(17-9-14(24)4-7-21(17)28)19-8-13(11-25)16-6-5-15(26)10-20(16)27-19/h4-10,12H,11H2,1-3H3. The molecule has 0 unspecified atom stereocenters. The fraction of sp³-hybridized carbons (Fsp3) is 0.217. The van der Waals surface area contributed by atoms with E-state index in [9.17, 15) is 4.79 Å². The lowest BCUT2D eigenvalue weighted by molar-refractivity contribution is 0.0544. The van der Waals surface area contributed by atoms with Gasteiger partial charge in [-0.1, -0.05) is 33.6 Å². The first-order valence-corrected chi connectivity index (χ1v) is 11.1. The topological polar surface area (TPSA) is 44.1 Å². The summed E-state index contributed by atoms with van der Waals surface area (Å²) in [7, 11) is 0. The highest BCUT2D eigenvalue weighted by atomic mass is 79.9. The Hall–Kier alpha value is -2.08. The van der Waals surface area contributed by atoms with Crippen LogP contribution in [0.2, 0.25) is 5.02 Å². The fourth-order valence-electron chi connectivity index (χ4n) is 3.39. The van der Waals surface area contributed by atoms with Gasteiger partial charge in [-0.2, -0.15) is 0 Å². The summed E-state index contributed by atoms with van der Waals surface area (Å²) in [4.78, 5) is 17.7. The summed E-state index contributed by atoms with van der Waals surface area (Å²) in [5.74, 6) is 0.335. The van der Waals surface area contributed by atoms with Crippen LogP contribution in [-0.4, -0.2) is 21.2 Å². The maximum Gasteiger partial charge on any atom is 0.419 e. The molecular formula is C23H19BrCl2N2O2. The van der Waals surface area contributed by atoms with Crippen LogP contribution < -0.4 is 0 Å². The van der Waals surface area contributed by atoms with Gasteiger partial charge in [0.25, 0.3) is 0 Å². The van der Waals surface area contributed by atoms with Crippen molar-refractivity contribution >= 4 is 67.0 Å². The highest BCUT2D eigenvalue weighted by Gasteiger charge is 2.22. The van der Waals surface area contributed by atoms with Crippen LogP contribution in [0.4, 0.5) is 4.79 Å². The predicted octanol–water partition coefficient (Wildman–Crippen LogP) is 7.79. The average molecular weight is 506 g/mol.